The van der Waals surface area contributed by atoms with Gasteiger partial charge in [-0.1, -0.05) is 17.7 Å². The van der Waals surface area contributed by atoms with Crippen molar-refractivity contribution in [3.05, 3.63) is 28.8 Å². The van der Waals surface area contributed by atoms with E-state index in [1.807, 2.05) is 6.07 Å². The fourth-order valence-electron chi connectivity index (χ4n) is 1.09. The molecular weight excluding hydrogens is 214 g/mol. The third-order valence-electron chi connectivity index (χ3n) is 1.92. The first-order valence-corrected chi connectivity index (χ1v) is 4.96. The number of nitriles is 1. The lowest BCUT2D eigenvalue weighted by Gasteiger charge is -2.11. The van der Waals surface area contributed by atoms with Crippen LogP contribution in [0.5, 0.6) is 5.75 Å². The maximum Gasteiger partial charge on any atom is 0.181 e. The van der Waals surface area contributed by atoms with Gasteiger partial charge >= 0.3 is 0 Å². The molecule has 0 spiro atoms. The molecule has 0 saturated heterocycles. The van der Waals surface area contributed by atoms with Crippen LogP contribution in [0.4, 0.5) is 0 Å². The molecule has 0 aromatic heterocycles. The summed E-state index contributed by atoms with van der Waals surface area (Å²) in [5.74, 6) is 0.454. The number of nitrogens with zero attached hydrogens (tertiary/aromatic N) is 1. The fourth-order valence-corrected chi connectivity index (χ4v) is 1.32. The maximum atomic E-state index is 9.32. The summed E-state index contributed by atoms with van der Waals surface area (Å²) >= 11 is 5.93. The van der Waals surface area contributed by atoms with Gasteiger partial charge in [0, 0.05) is 0 Å². The number of aliphatic hydroxyl groups is 1. The number of aliphatic hydroxyl groups excluding tert-OH is 1. The summed E-state index contributed by atoms with van der Waals surface area (Å²) in [4.78, 5) is 0. The van der Waals surface area contributed by atoms with Crippen molar-refractivity contribution in [1.29, 1.82) is 5.26 Å². The molecule has 1 rings (SSSR count). The SMILES string of the molecule is CC(C#N)Oc1ccc([C@H](C)O)cc1Cl. The molecule has 0 fully saturated rings. The highest BCUT2D eigenvalue weighted by atomic mass is 35.5. The minimum absolute atomic E-state index is 0.399. The molecule has 0 aliphatic carbocycles. The van der Waals surface area contributed by atoms with Gasteiger partial charge in [0.2, 0.25) is 0 Å². The zero-order valence-electron chi connectivity index (χ0n) is 8.57. The lowest BCUT2D eigenvalue weighted by Crippen LogP contribution is -2.08. The molecule has 4 heteroatoms. The molecule has 1 aromatic carbocycles. The van der Waals surface area contributed by atoms with Gasteiger partial charge in [0.1, 0.15) is 11.8 Å². The second-order valence-electron chi connectivity index (χ2n) is 3.26. The number of rotatable bonds is 3. The Morgan fingerprint density at radius 2 is 2.13 bits per heavy atom. The molecule has 0 aliphatic rings. The fraction of sp³-hybridized carbons (Fsp3) is 0.364. The average molecular weight is 226 g/mol. The molecular formula is C11H12ClNO2. The highest BCUT2D eigenvalue weighted by Gasteiger charge is 2.08. The van der Waals surface area contributed by atoms with E-state index in [2.05, 4.69) is 0 Å². The molecule has 1 aromatic rings. The lowest BCUT2D eigenvalue weighted by atomic mass is 10.1. The Morgan fingerprint density at radius 1 is 1.47 bits per heavy atom. The van der Waals surface area contributed by atoms with Crippen molar-refractivity contribution in [2.24, 2.45) is 0 Å². The molecule has 15 heavy (non-hydrogen) atoms. The topological polar surface area (TPSA) is 53.2 Å². The molecule has 2 atom stereocenters. The maximum absolute atomic E-state index is 9.32. The van der Waals surface area contributed by atoms with Crippen molar-refractivity contribution in [2.45, 2.75) is 26.1 Å². The summed E-state index contributed by atoms with van der Waals surface area (Å²) in [6.45, 7) is 3.29. The molecule has 0 aliphatic heterocycles. The average Bonchev–Trinajstić information content (AvgIpc) is 2.20. The van der Waals surface area contributed by atoms with Gasteiger partial charge in [0.25, 0.3) is 0 Å². The normalized spacial score (nSPS) is 14.1. The van der Waals surface area contributed by atoms with E-state index >= 15 is 0 Å². The van der Waals surface area contributed by atoms with Crippen molar-refractivity contribution >= 4 is 11.6 Å². The van der Waals surface area contributed by atoms with Crippen molar-refractivity contribution in [3.8, 4) is 11.8 Å². The highest BCUT2D eigenvalue weighted by Crippen LogP contribution is 2.28. The van der Waals surface area contributed by atoms with Gasteiger partial charge in [-0.25, -0.2) is 0 Å². The van der Waals surface area contributed by atoms with E-state index in [0.29, 0.717) is 10.8 Å². The van der Waals surface area contributed by atoms with Crippen LogP contribution in [0.15, 0.2) is 18.2 Å². The second-order valence-corrected chi connectivity index (χ2v) is 3.66. The molecule has 0 bridgehead atoms. The van der Waals surface area contributed by atoms with Crippen LogP contribution >= 0.6 is 11.6 Å². The van der Waals surface area contributed by atoms with Crippen LogP contribution in [-0.2, 0) is 0 Å². The van der Waals surface area contributed by atoms with Gasteiger partial charge in [-0.05, 0) is 31.5 Å². The molecule has 0 radical (unpaired) electrons. The van der Waals surface area contributed by atoms with Crippen LogP contribution in [0.25, 0.3) is 0 Å². The number of halogens is 1. The van der Waals surface area contributed by atoms with Gasteiger partial charge in [-0.15, -0.1) is 0 Å². The highest BCUT2D eigenvalue weighted by molar-refractivity contribution is 6.32. The van der Waals surface area contributed by atoms with Crippen LogP contribution in [-0.4, -0.2) is 11.2 Å². The quantitative estimate of drug-likeness (QED) is 0.861. The van der Waals surface area contributed by atoms with E-state index in [1.54, 1.807) is 32.0 Å². The molecule has 0 amide bonds. The van der Waals surface area contributed by atoms with Crippen LogP contribution in [0, 0.1) is 11.3 Å². The number of hydrogen-bond acceptors (Lipinski definition) is 3. The second kappa shape index (κ2) is 5.01. The monoisotopic (exact) mass is 225 g/mol. The predicted molar refractivity (Wildman–Crippen MR) is 57.8 cm³/mol. The van der Waals surface area contributed by atoms with Crippen molar-refractivity contribution < 1.29 is 9.84 Å². The molecule has 3 nitrogen and oxygen atoms in total. The first-order valence-electron chi connectivity index (χ1n) is 4.58. The largest absolute Gasteiger partial charge is 0.474 e. The van der Waals surface area contributed by atoms with Gasteiger partial charge < -0.3 is 9.84 Å². The smallest absolute Gasteiger partial charge is 0.181 e. The first-order chi connectivity index (χ1) is 7.04. The van der Waals surface area contributed by atoms with Crippen LogP contribution in [0.1, 0.15) is 25.5 Å². The Bertz CT molecular complexity index is 385. The Kier molecular flexibility index (Phi) is 3.96. The van der Waals surface area contributed by atoms with E-state index < -0.39 is 12.2 Å². The van der Waals surface area contributed by atoms with Gasteiger partial charge in [0.05, 0.1) is 11.1 Å². The summed E-state index contributed by atoms with van der Waals surface area (Å²) in [6, 6.07) is 6.95. The summed E-state index contributed by atoms with van der Waals surface area (Å²) in [5, 5.41) is 18.3. The number of hydrogen-bond donors (Lipinski definition) is 1. The summed E-state index contributed by atoms with van der Waals surface area (Å²) in [7, 11) is 0. The molecule has 1 N–H and O–H groups in total. The van der Waals surface area contributed by atoms with E-state index in [-0.39, 0.29) is 0 Å². The Labute approximate surface area is 93.9 Å². The summed E-state index contributed by atoms with van der Waals surface area (Å²) in [6.07, 6.45) is -1.11. The Balaban J connectivity index is 2.89. The minimum atomic E-state index is -0.565. The van der Waals surface area contributed by atoms with E-state index in [9.17, 15) is 5.11 Å². The third kappa shape index (κ3) is 3.12. The number of ether oxygens (including phenoxy) is 1. The zero-order valence-corrected chi connectivity index (χ0v) is 9.32. The number of benzene rings is 1. The lowest BCUT2D eigenvalue weighted by molar-refractivity contribution is 0.199. The Hall–Kier alpha value is -1.24. The zero-order chi connectivity index (χ0) is 11.4. The third-order valence-corrected chi connectivity index (χ3v) is 2.22. The minimum Gasteiger partial charge on any atom is -0.474 e. The molecule has 1 unspecified atom stereocenters. The van der Waals surface area contributed by atoms with E-state index in [1.165, 1.54) is 0 Å². The molecule has 80 valence electrons. The first kappa shape index (κ1) is 11.8. The van der Waals surface area contributed by atoms with Gasteiger partial charge in [-0.3, -0.25) is 0 Å². The van der Waals surface area contributed by atoms with Crippen molar-refractivity contribution in [2.75, 3.05) is 0 Å². The van der Waals surface area contributed by atoms with Crippen LogP contribution < -0.4 is 4.74 Å². The van der Waals surface area contributed by atoms with Crippen molar-refractivity contribution in [1.82, 2.24) is 0 Å². The standard InChI is InChI=1S/C11H12ClNO2/c1-7(6-13)15-11-4-3-9(8(2)14)5-10(11)12/h3-5,7-8,14H,1-2H3/t7?,8-/m0/s1. The van der Waals surface area contributed by atoms with Crippen LogP contribution in [0.3, 0.4) is 0 Å². The van der Waals surface area contributed by atoms with Crippen molar-refractivity contribution in [3.63, 3.8) is 0 Å². The Morgan fingerprint density at radius 3 is 2.60 bits per heavy atom. The van der Waals surface area contributed by atoms with Gasteiger partial charge in [0.15, 0.2) is 6.10 Å². The molecule has 0 saturated carbocycles. The molecule has 0 heterocycles. The summed E-state index contributed by atoms with van der Waals surface area (Å²) in [5.41, 5.74) is 0.719. The van der Waals surface area contributed by atoms with E-state index in [4.69, 9.17) is 21.6 Å². The van der Waals surface area contributed by atoms with Gasteiger partial charge in [-0.2, -0.15) is 5.26 Å². The summed E-state index contributed by atoms with van der Waals surface area (Å²) < 4.78 is 5.25. The predicted octanol–water partition coefficient (Wildman–Crippen LogP) is 2.68. The van der Waals surface area contributed by atoms with E-state index in [0.717, 1.165) is 5.56 Å². The van der Waals surface area contributed by atoms with Crippen LogP contribution in [0.2, 0.25) is 5.02 Å².